The number of aromatic nitrogens is 2. The first-order valence-electron chi connectivity index (χ1n) is 9.71. The van der Waals surface area contributed by atoms with E-state index in [9.17, 15) is 0 Å². The minimum absolute atomic E-state index is 0.0831. The highest BCUT2D eigenvalue weighted by Crippen LogP contribution is 2.31. The van der Waals surface area contributed by atoms with Crippen molar-refractivity contribution in [2.45, 2.75) is 51.2 Å². The van der Waals surface area contributed by atoms with E-state index in [4.69, 9.17) is 14.5 Å². The molecule has 1 saturated heterocycles. The van der Waals surface area contributed by atoms with Gasteiger partial charge in [-0.15, -0.1) is 0 Å². The van der Waals surface area contributed by atoms with E-state index in [2.05, 4.69) is 29.4 Å². The largest absolute Gasteiger partial charge is 0.484 e. The molecule has 1 saturated carbocycles. The Hall–Kier alpha value is -2.14. The molecule has 2 heterocycles. The first-order chi connectivity index (χ1) is 12.8. The average molecular weight is 353 g/mol. The van der Waals surface area contributed by atoms with Crippen molar-refractivity contribution in [2.75, 3.05) is 18.5 Å². The summed E-state index contributed by atoms with van der Waals surface area (Å²) < 4.78 is 11.6. The topological polar surface area (TPSA) is 56.3 Å². The molecular weight excluding hydrogens is 326 g/mol. The maximum Gasteiger partial charge on any atom is 0.223 e. The van der Waals surface area contributed by atoms with E-state index in [-0.39, 0.29) is 6.10 Å². The predicted molar refractivity (Wildman–Crippen MR) is 102 cm³/mol. The first kappa shape index (κ1) is 17.3. The molecule has 0 bridgehead atoms. The molecule has 4 rings (SSSR count). The molecule has 1 N–H and O–H groups in total. The zero-order valence-electron chi connectivity index (χ0n) is 15.4. The molecule has 2 aliphatic rings. The summed E-state index contributed by atoms with van der Waals surface area (Å²) in [6.07, 6.45) is 7.71. The van der Waals surface area contributed by atoms with E-state index < -0.39 is 0 Å². The molecule has 138 valence electrons. The number of ether oxygens (including phenoxy) is 2. The third-order valence-electron chi connectivity index (χ3n) is 5.33. The van der Waals surface area contributed by atoms with Crippen molar-refractivity contribution in [3.05, 3.63) is 36.5 Å². The van der Waals surface area contributed by atoms with Gasteiger partial charge in [-0.25, -0.2) is 9.97 Å². The van der Waals surface area contributed by atoms with Gasteiger partial charge in [0.05, 0.1) is 19.4 Å². The quantitative estimate of drug-likeness (QED) is 0.868. The summed E-state index contributed by atoms with van der Waals surface area (Å²) in [7, 11) is 0. The maximum absolute atomic E-state index is 6.14. The molecule has 5 nitrogen and oxygen atoms in total. The Balaban J connectivity index is 1.56. The summed E-state index contributed by atoms with van der Waals surface area (Å²) in [5.41, 5.74) is 1.89. The molecule has 1 aromatic heterocycles. The zero-order valence-corrected chi connectivity index (χ0v) is 15.4. The molecule has 2 aromatic rings. The van der Waals surface area contributed by atoms with E-state index >= 15 is 0 Å². The van der Waals surface area contributed by atoms with Crippen molar-refractivity contribution in [1.82, 2.24) is 9.97 Å². The lowest BCUT2D eigenvalue weighted by Gasteiger charge is -2.27. The molecule has 0 amide bonds. The highest BCUT2D eigenvalue weighted by atomic mass is 16.5. The van der Waals surface area contributed by atoms with Gasteiger partial charge in [0.15, 0.2) is 5.75 Å². The van der Waals surface area contributed by atoms with Crippen molar-refractivity contribution in [2.24, 2.45) is 5.92 Å². The van der Waals surface area contributed by atoms with Gasteiger partial charge < -0.3 is 14.8 Å². The summed E-state index contributed by atoms with van der Waals surface area (Å²) in [6, 6.07) is 10.6. The molecule has 26 heavy (non-hydrogen) atoms. The van der Waals surface area contributed by atoms with Crippen molar-refractivity contribution >= 4 is 5.95 Å². The number of nitrogens with one attached hydrogen (secondary N) is 1. The predicted octanol–water partition coefficient (Wildman–Crippen LogP) is 4.30. The molecule has 1 aromatic carbocycles. The second-order valence-electron chi connectivity index (χ2n) is 7.48. The summed E-state index contributed by atoms with van der Waals surface area (Å²) in [6.45, 7) is 3.72. The fraction of sp³-hybridized carbons (Fsp3) is 0.524. The number of nitrogens with zero attached hydrogens (tertiary/aromatic N) is 2. The standard InChI is InChI=1S/C21H27N3O2/c1-15-7-9-17(10-8-15)23-21-22-13-19(26-18-11-12-25-14-18)20(24-21)16-5-3-2-4-6-16/h2-6,13,15,17-18H,7-12,14H2,1H3,(H,22,23,24)/t15-,17+,18?. The van der Waals surface area contributed by atoms with Gasteiger partial charge in [0.25, 0.3) is 0 Å². The van der Waals surface area contributed by atoms with Gasteiger partial charge in [0.2, 0.25) is 5.95 Å². The molecular formula is C21H27N3O2. The number of benzene rings is 1. The second-order valence-corrected chi connectivity index (χ2v) is 7.48. The van der Waals surface area contributed by atoms with Crippen molar-refractivity contribution in [3.8, 4) is 17.0 Å². The Bertz CT molecular complexity index is 708. The zero-order chi connectivity index (χ0) is 17.8. The van der Waals surface area contributed by atoms with E-state index in [0.717, 1.165) is 36.0 Å². The van der Waals surface area contributed by atoms with Crippen LogP contribution < -0.4 is 10.1 Å². The highest BCUT2D eigenvalue weighted by molar-refractivity contribution is 5.66. The average Bonchev–Trinajstić information content (AvgIpc) is 3.19. The Kier molecular flexibility index (Phi) is 5.34. The van der Waals surface area contributed by atoms with Gasteiger partial charge in [-0.05, 0) is 31.6 Å². The van der Waals surface area contributed by atoms with Gasteiger partial charge in [-0.2, -0.15) is 0 Å². The maximum atomic E-state index is 6.14. The smallest absolute Gasteiger partial charge is 0.223 e. The van der Waals surface area contributed by atoms with Crippen LogP contribution in [0.2, 0.25) is 0 Å². The van der Waals surface area contributed by atoms with Crippen LogP contribution in [0.5, 0.6) is 5.75 Å². The first-order valence-corrected chi connectivity index (χ1v) is 9.71. The van der Waals surface area contributed by atoms with Gasteiger partial charge in [0.1, 0.15) is 11.8 Å². The van der Waals surface area contributed by atoms with Crippen LogP contribution in [0, 0.1) is 5.92 Å². The SMILES string of the molecule is C[C@H]1CC[C@@H](Nc2ncc(OC3CCOC3)c(-c3ccccc3)n2)CC1. The van der Waals surface area contributed by atoms with Crippen LogP contribution in [0.3, 0.4) is 0 Å². The van der Waals surface area contributed by atoms with E-state index in [0.29, 0.717) is 18.6 Å². The molecule has 1 atom stereocenters. The Labute approximate surface area is 155 Å². The van der Waals surface area contributed by atoms with Crippen LogP contribution in [0.15, 0.2) is 36.5 Å². The van der Waals surface area contributed by atoms with Gasteiger partial charge in [-0.3, -0.25) is 0 Å². The molecule has 2 fully saturated rings. The molecule has 0 spiro atoms. The van der Waals surface area contributed by atoms with Crippen LogP contribution in [0.4, 0.5) is 5.95 Å². The minimum Gasteiger partial charge on any atom is -0.484 e. The summed E-state index contributed by atoms with van der Waals surface area (Å²) in [5.74, 6) is 2.26. The molecule has 1 aliphatic heterocycles. The normalized spacial score (nSPS) is 25.8. The number of rotatable bonds is 5. The van der Waals surface area contributed by atoms with Crippen LogP contribution in [-0.2, 0) is 4.74 Å². The van der Waals surface area contributed by atoms with Crippen molar-refractivity contribution < 1.29 is 9.47 Å². The highest BCUT2D eigenvalue weighted by Gasteiger charge is 2.22. The second kappa shape index (κ2) is 8.04. The fourth-order valence-corrected chi connectivity index (χ4v) is 3.70. The van der Waals surface area contributed by atoms with Crippen LogP contribution in [0.1, 0.15) is 39.0 Å². The Morgan fingerprint density at radius 3 is 2.62 bits per heavy atom. The van der Waals surface area contributed by atoms with Crippen LogP contribution in [-0.4, -0.2) is 35.3 Å². The van der Waals surface area contributed by atoms with Crippen molar-refractivity contribution in [1.29, 1.82) is 0 Å². The van der Waals surface area contributed by atoms with Crippen molar-refractivity contribution in [3.63, 3.8) is 0 Å². The molecule has 1 unspecified atom stereocenters. The Morgan fingerprint density at radius 1 is 1.08 bits per heavy atom. The minimum atomic E-state index is 0.0831. The molecule has 1 aliphatic carbocycles. The summed E-state index contributed by atoms with van der Waals surface area (Å²) in [5, 5.41) is 3.53. The monoisotopic (exact) mass is 353 g/mol. The number of anilines is 1. The molecule has 5 heteroatoms. The lowest BCUT2D eigenvalue weighted by atomic mass is 9.87. The van der Waals surface area contributed by atoms with E-state index in [1.165, 1.54) is 25.7 Å². The molecule has 0 radical (unpaired) electrons. The third kappa shape index (κ3) is 4.15. The van der Waals surface area contributed by atoms with Gasteiger partial charge in [0, 0.05) is 18.0 Å². The van der Waals surface area contributed by atoms with Crippen LogP contribution >= 0.6 is 0 Å². The van der Waals surface area contributed by atoms with E-state index in [1.807, 2.05) is 18.2 Å². The number of hydrogen-bond donors (Lipinski definition) is 1. The number of hydrogen-bond acceptors (Lipinski definition) is 5. The van der Waals surface area contributed by atoms with Gasteiger partial charge in [-0.1, -0.05) is 37.3 Å². The fourth-order valence-electron chi connectivity index (χ4n) is 3.70. The van der Waals surface area contributed by atoms with Crippen LogP contribution in [0.25, 0.3) is 11.3 Å². The third-order valence-corrected chi connectivity index (χ3v) is 5.33. The lowest BCUT2D eigenvalue weighted by Crippen LogP contribution is -2.26. The summed E-state index contributed by atoms with van der Waals surface area (Å²) >= 11 is 0. The lowest BCUT2D eigenvalue weighted by molar-refractivity contribution is 0.141. The van der Waals surface area contributed by atoms with Gasteiger partial charge >= 0.3 is 0 Å². The van der Waals surface area contributed by atoms with E-state index in [1.54, 1.807) is 6.20 Å². The Morgan fingerprint density at radius 2 is 1.88 bits per heavy atom. The summed E-state index contributed by atoms with van der Waals surface area (Å²) in [4.78, 5) is 9.34.